The highest BCUT2D eigenvalue weighted by Crippen LogP contribution is 2.19. The van der Waals surface area contributed by atoms with Gasteiger partial charge >= 0.3 is 0 Å². The number of piperidine rings is 1. The molecule has 1 atom stereocenters. The van der Waals surface area contributed by atoms with Crippen LogP contribution in [0, 0.1) is 19.8 Å². The van der Waals surface area contributed by atoms with Crippen LogP contribution in [0.3, 0.4) is 0 Å². The van der Waals surface area contributed by atoms with Crippen LogP contribution in [-0.2, 0) is 19.5 Å². The summed E-state index contributed by atoms with van der Waals surface area (Å²) in [5.41, 5.74) is 1.34. The first-order valence-electron chi connectivity index (χ1n) is 8.76. The van der Waals surface area contributed by atoms with Crippen LogP contribution >= 0.6 is 0 Å². The van der Waals surface area contributed by atoms with Crippen LogP contribution in [0.15, 0.2) is 12.3 Å². The second-order valence-corrected chi connectivity index (χ2v) is 6.59. The molecule has 0 unspecified atom stereocenters. The molecule has 0 spiro atoms. The van der Waals surface area contributed by atoms with Gasteiger partial charge in [0.2, 0.25) is 0 Å². The van der Waals surface area contributed by atoms with Gasteiger partial charge in [0.25, 0.3) is 0 Å². The number of nitrogens with zero attached hydrogens (tertiary/aromatic N) is 6. The highest BCUT2D eigenvalue weighted by Gasteiger charge is 2.21. The Morgan fingerprint density at radius 2 is 2.13 bits per heavy atom. The van der Waals surface area contributed by atoms with Gasteiger partial charge in [0.1, 0.15) is 11.6 Å². The van der Waals surface area contributed by atoms with E-state index in [4.69, 9.17) is 0 Å². The van der Waals surface area contributed by atoms with Gasteiger partial charge in [0.05, 0.1) is 0 Å². The lowest BCUT2D eigenvalue weighted by Gasteiger charge is -2.32. The minimum atomic E-state index is 0.680. The Morgan fingerprint density at radius 1 is 1.26 bits per heavy atom. The third kappa shape index (κ3) is 3.99. The molecule has 126 valence electrons. The molecule has 0 aliphatic carbocycles. The van der Waals surface area contributed by atoms with Crippen LogP contribution in [0.1, 0.15) is 37.1 Å². The summed E-state index contributed by atoms with van der Waals surface area (Å²) >= 11 is 0. The average molecular weight is 316 g/mol. The zero-order valence-electron chi connectivity index (χ0n) is 14.6. The van der Waals surface area contributed by atoms with Gasteiger partial charge < -0.3 is 4.90 Å². The molecular weight excluding hydrogens is 288 g/mol. The molecule has 1 fully saturated rings. The smallest absolute Gasteiger partial charge is 0.147 e. The third-order valence-corrected chi connectivity index (χ3v) is 4.79. The second kappa shape index (κ2) is 7.25. The molecule has 6 nitrogen and oxygen atoms in total. The molecule has 6 heteroatoms. The summed E-state index contributed by atoms with van der Waals surface area (Å²) in [4.78, 5) is 7.01. The standard InChI is InChI=1S/C17H28N6/c1-4-22-17(7-9-18-22)8-11-21-10-5-6-16(12-21)13-23-15(3)19-14(2)20-23/h7,9,16H,4-6,8,10-13H2,1-3H3/t16-/m1/s1. The van der Waals surface area contributed by atoms with E-state index in [0.29, 0.717) is 5.92 Å². The topological polar surface area (TPSA) is 51.8 Å². The summed E-state index contributed by atoms with van der Waals surface area (Å²) in [6.07, 6.45) is 5.57. The Kier molecular flexibility index (Phi) is 5.10. The molecule has 0 bridgehead atoms. The summed E-state index contributed by atoms with van der Waals surface area (Å²) in [7, 11) is 0. The van der Waals surface area contributed by atoms with Crippen molar-refractivity contribution < 1.29 is 0 Å². The number of likely N-dealkylation sites (tertiary alicyclic amines) is 1. The van der Waals surface area contributed by atoms with E-state index in [1.807, 2.05) is 20.0 Å². The molecule has 3 heterocycles. The maximum atomic E-state index is 4.51. The summed E-state index contributed by atoms with van der Waals surface area (Å²) < 4.78 is 4.18. The molecule has 2 aromatic rings. The molecule has 23 heavy (non-hydrogen) atoms. The molecule has 0 aromatic carbocycles. The molecule has 0 N–H and O–H groups in total. The number of rotatable bonds is 6. The molecule has 0 radical (unpaired) electrons. The maximum Gasteiger partial charge on any atom is 0.147 e. The summed E-state index contributed by atoms with van der Waals surface area (Å²) in [6.45, 7) is 11.6. The SMILES string of the molecule is CCn1nccc1CCN1CCC[C@@H](Cn2nc(C)nc2C)C1. The molecule has 2 aromatic heterocycles. The zero-order chi connectivity index (χ0) is 16.2. The minimum absolute atomic E-state index is 0.680. The van der Waals surface area contributed by atoms with Crippen molar-refractivity contribution in [2.75, 3.05) is 19.6 Å². The Labute approximate surface area is 138 Å². The van der Waals surface area contributed by atoms with Crippen molar-refractivity contribution in [3.63, 3.8) is 0 Å². The van der Waals surface area contributed by atoms with Gasteiger partial charge in [-0.2, -0.15) is 10.2 Å². The van der Waals surface area contributed by atoms with Gasteiger partial charge in [-0.15, -0.1) is 0 Å². The van der Waals surface area contributed by atoms with E-state index in [1.54, 1.807) is 0 Å². The van der Waals surface area contributed by atoms with Crippen LogP contribution in [0.25, 0.3) is 0 Å². The van der Waals surface area contributed by atoms with Crippen LogP contribution in [0.4, 0.5) is 0 Å². The Bertz CT molecular complexity index is 629. The molecule has 1 aliphatic rings. The number of hydrogen-bond acceptors (Lipinski definition) is 4. The van der Waals surface area contributed by atoms with Crippen molar-refractivity contribution in [2.45, 2.75) is 53.1 Å². The van der Waals surface area contributed by atoms with Crippen molar-refractivity contribution >= 4 is 0 Å². The normalized spacial score (nSPS) is 19.3. The molecule has 0 saturated carbocycles. The summed E-state index contributed by atoms with van der Waals surface area (Å²) in [5, 5.41) is 8.87. The van der Waals surface area contributed by atoms with E-state index in [2.05, 4.69) is 42.4 Å². The van der Waals surface area contributed by atoms with E-state index in [-0.39, 0.29) is 0 Å². The lowest BCUT2D eigenvalue weighted by Crippen LogP contribution is -2.38. The van der Waals surface area contributed by atoms with E-state index >= 15 is 0 Å². The van der Waals surface area contributed by atoms with E-state index in [0.717, 1.165) is 37.7 Å². The predicted octanol–water partition coefficient (Wildman–Crippen LogP) is 2.07. The minimum Gasteiger partial charge on any atom is -0.303 e. The summed E-state index contributed by atoms with van der Waals surface area (Å²) in [6, 6.07) is 2.15. The molecule has 1 aliphatic heterocycles. The first-order valence-corrected chi connectivity index (χ1v) is 8.76. The average Bonchev–Trinajstić information content (AvgIpc) is 3.11. The first-order chi connectivity index (χ1) is 11.2. The van der Waals surface area contributed by atoms with Crippen LogP contribution in [-0.4, -0.2) is 49.1 Å². The van der Waals surface area contributed by atoms with Crippen molar-refractivity contribution in [1.29, 1.82) is 0 Å². The zero-order valence-corrected chi connectivity index (χ0v) is 14.6. The fourth-order valence-electron chi connectivity index (χ4n) is 3.61. The Hall–Kier alpha value is -1.69. The third-order valence-electron chi connectivity index (χ3n) is 4.79. The van der Waals surface area contributed by atoms with Crippen molar-refractivity contribution in [3.8, 4) is 0 Å². The van der Waals surface area contributed by atoms with Crippen LogP contribution in [0.2, 0.25) is 0 Å². The van der Waals surface area contributed by atoms with Crippen molar-refractivity contribution in [2.24, 2.45) is 5.92 Å². The molecule has 0 amide bonds. The van der Waals surface area contributed by atoms with Gasteiger partial charge in [-0.05, 0) is 52.1 Å². The fourth-order valence-corrected chi connectivity index (χ4v) is 3.61. The molecule has 3 rings (SSSR count). The van der Waals surface area contributed by atoms with Gasteiger partial charge in [-0.1, -0.05) is 0 Å². The van der Waals surface area contributed by atoms with Crippen molar-refractivity contribution in [1.82, 2.24) is 29.4 Å². The van der Waals surface area contributed by atoms with E-state index in [9.17, 15) is 0 Å². The number of aromatic nitrogens is 5. The largest absolute Gasteiger partial charge is 0.303 e. The van der Waals surface area contributed by atoms with E-state index in [1.165, 1.54) is 31.6 Å². The predicted molar refractivity (Wildman–Crippen MR) is 90.3 cm³/mol. The summed E-state index contributed by atoms with van der Waals surface area (Å²) in [5.74, 6) is 2.59. The van der Waals surface area contributed by atoms with Crippen molar-refractivity contribution in [3.05, 3.63) is 29.6 Å². The molecular formula is C17H28N6. The van der Waals surface area contributed by atoms with Gasteiger partial charge in [0, 0.05) is 44.5 Å². The first kappa shape index (κ1) is 16.2. The van der Waals surface area contributed by atoms with Gasteiger partial charge in [-0.25, -0.2) is 9.67 Å². The van der Waals surface area contributed by atoms with Gasteiger partial charge in [-0.3, -0.25) is 4.68 Å². The maximum absolute atomic E-state index is 4.51. The molecule has 1 saturated heterocycles. The fraction of sp³-hybridized carbons (Fsp3) is 0.706. The van der Waals surface area contributed by atoms with Crippen LogP contribution < -0.4 is 0 Å². The lowest BCUT2D eigenvalue weighted by molar-refractivity contribution is 0.160. The second-order valence-electron chi connectivity index (χ2n) is 6.59. The quantitative estimate of drug-likeness (QED) is 0.818. The van der Waals surface area contributed by atoms with E-state index < -0.39 is 0 Å². The lowest BCUT2D eigenvalue weighted by atomic mass is 9.98. The Balaban J connectivity index is 1.53. The van der Waals surface area contributed by atoms with Crippen LogP contribution in [0.5, 0.6) is 0 Å². The highest BCUT2D eigenvalue weighted by atomic mass is 15.3. The highest BCUT2D eigenvalue weighted by molar-refractivity contribution is 5.01. The van der Waals surface area contributed by atoms with Gasteiger partial charge in [0.15, 0.2) is 0 Å². The number of aryl methyl sites for hydroxylation is 3. The monoisotopic (exact) mass is 316 g/mol. The number of hydrogen-bond donors (Lipinski definition) is 0. The Morgan fingerprint density at radius 3 is 2.87 bits per heavy atom.